The van der Waals surface area contributed by atoms with Crippen LogP contribution in [0.4, 0.5) is 5.69 Å². The number of nitrogens with zero attached hydrogens (tertiary/aromatic N) is 2. The molecule has 1 aliphatic rings. The first-order valence-corrected chi connectivity index (χ1v) is 7.62. The third-order valence-electron chi connectivity index (χ3n) is 3.38. The SMILES string of the molecule is CC(=O)N1Cc2cc(Br)cnc2C=Cc2cc(Cl)ccc21. The fourth-order valence-corrected chi connectivity index (χ4v) is 2.94. The van der Waals surface area contributed by atoms with Crippen molar-refractivity contribution in [2.24, 2.45) is 0 Å². The molecule has 2 aromatic rings. The second-order valence-electron chi connectivity index (χ2n) is 4.84. The molecule has 0 bridgehead atoms. The average Bonchev–Trinajstić information content (AvgIpc) is 2.42. The lowest BCUT2D eigenvalue weighted by Crippen LogP contribution is -2.29. The summed E-state index contributed by atoms with van der Waals surface area (Å²) in [6, 6.07) is 7.52. The number of benzene rings is 1. The van der Waals surface area contributed by atoms with Crippen LogP contribution in [-0.4, -0.2) is 10.9 Å². The molecule has 1 aromatic carbocycles. The van der Waals surface area contributed by atoms with Crippen LogP contribution in [0.3, 0.4) is 0 Å². The molecule has 0 saturated heterocycles. The van der Waals surface area contributed by atoms with Gasteiger partial charge in [-0.2, -0.15) is 0 Å². The Hall–Kier alpha value is -1.65. The molecule has 0 spiro atoms. The molecule has 3 nitrogen and oxygen atoms in total. The van der Waals surface area contributed by atoms with Crippen LogP contribution in [0.15, 0.2) is 34.9 Å². The number of amides is 1. The number of carbonyl (C=O) groups is 1. The predicted octanol–water partition coefficient (Wildman–Crippen LogP) is 4.53. The molecule has 2 heterocycles. The number of aromatic nitrogens is 1. The minimum Gasteiger partial charge on any atom is -0.308 e. The van der Waals surface area contributed by atoms with E-state index in [9.17, 15) is 4.79 Å². The molecule has 0 aliphatic carbocycles. The van der Waals surface area contributed by atoms with E-state index >= 15 is 0 Å². The third kappa shape index (κ3) is 2.87. The Bertz CT molecular complexity index is 758. The van der Waals surface area contributed by atoms with E-state index in [4.69, 9.17) is 11.6 Å². The lowest BCUT2D eigenvalue weighted by Gasteiger charge is -2.25. The van der Waals surface area contributed by atoms with Gasteiger partial charge in [-0.15, -0.1) is 0 Å². The summed E-state index contributed by atoms with van der Waals surface area (Å²) >= 11 is 9.49. The van der Waals surface area contributed by atoms with Gasteiger partial charge in [-0.3, -0.25) is 9.78 Å². The zero-order valence-corrected chi connectivity index (χ0v) is 13.6. The number of rotatable bonds is 0. The van der Waals surface area contributed by atoms with Gasteiger partial charge in [0.25, 0.3) is 0 Å². The van der Waals surface area contributed by atoms with Gasteiger partial charge in [0.15, 0.2) is 0 Å². The van der Waals surface area contributed by atoms with Crippen molar-refractivity contribution in [2.75, 3.05) is 4.90 Å². The van der Waals surface area contributed by atoms with Crippen LogP contribution in [0.25, 0.3) is 12.2 Å². The van der Waals surface area contributed by atoms with Gasteiger partial charge in [0.1, 0.15) is 0 Å². The lowest BCUT2D eigenvalue weighted by atomic mass is 10.0. The van der Waals surface area contributed by atoms with Crippen molar-refractivity contribution in [3.63, 3.8) is 0 Å². The van der Waals surface area contributed by atoms with Crippen LogP contribution in [0.5, 0.6) is 0 Å². The first kappa shape index (κ1) is 14.3. The van der Waals surface area contributed by atoms with Gasteiger partial charge in [-0.1, -0.05) is 17.7 Å². The van der Waals surface area contributed by atoms with E-state index < -0.39 is 0 Å². The smallest absolute Gasteiger partial charge is 0.224 e. The van der Waals surface area contributed by atoms with Crippen LogP contribution in [0.1, 0.15) is 23.7 Å². The molecule has 3 rings (SSSR count). The van der Waals surface area contributed by atoms with Gasteiger partial charge in [0.05, 0.1) is 17.9 Å². The van der Waals surface area contributed by atoms with Gasteiger partial charge >= 0.3 is 0 Å². The summed E-state index contributed by atoms with van der Waals surface area (Å²) in [6.07, 6.45) is 5.65. The van der Waals surface area contributed by atoms with Gasteiger partial charge in [-0.25, -0.2) is 0 Å². The maximum atomic E-state index is 12.0. The molecule has 106 valence electrons. The third-order valence-corrected chi connectivity index (χ3v) is 4.05. The monoisotopic (exact) mass is 362 g/mol. The summed E-state index contributed by atoms with van der Waals surface area (Å²) in [5.74, 6) is -0.0141. The van der Waals surface area contributed by atoms with E-state index in [2.05, 4.69) is 20.9 Å². The van der Waals surface area contributed by atoms with Crippen LogP contribution in [0.2, 0.25) is 5.02 Å². The molecule has 0 N–H and O–H groups in total. The Morgan fingerprint density at radius 1 is 1.33 bits per heavy atom. The maximum absolute atomic E-state index is 12.0. The van der Waals surface area contributed by atoms with Gasteiger partial charge in [0, 0.05) is 22.6 Å². The number of hydrogen-bond acceptors (Lipinski definition) is 2. The van der Waals surface area contributed by atoms with Crippen molar-refractivity contribution in [2.45, 2.75) is 13.5 Å². The van der Waals surface area contributed by atoms with E-state index in [0.717, 1.165) is 27.0 Å². The van der Waals surface area contributed by atoms with E-state index in [1.165, 1.54) is 0 Å². The molecular weight excluding hydrogens is 352 g/mol. The highest BCUT2D eigenvalue weighted by Crippen LogP contribution is 2.31. The predicted molar refractivity (Wildman–Crippen MR) is 89.2 cm³/mol. The summed E-state index contributed by atoms with van der Waals surface area (Å²) in [6.45, 7) is 2.05. The van der Waals surface area contributed by atoms with Crippen LogP contribution < -0.4 is 4.90 Å². The van der Waals surface area contributed by atoms with Crippen molar-refractivity contribution >= 4 is 51.3 Å². The van der Waals surface area contributed by atoms with Crippen LogP contribution in [0, 0.1) is 0 Å². The van der Waals surface area contributed by atoms with E-state index in [1.807, 2.05) is 30.4 Å². The molecular formula is C16H12BrClN2O. The number of anilines is 1. The molecule has 21 heavy (non-hydrogen) atoms. The fraction of sp³-hybridized carbons (Fsp3) is 0.125. The van der Waals surface area contributed by atoms with Crippen molar-refractivity contribution in [1.29, 1.82) is 0 Å². The Morgan fingerprint density at radius 3 is 2.90 bits per heavy atom. The molecule has 5 heteroatoms. The quantitative estimate of drug-likeness (QED) is 0.689. The highest BCUT2D eigenvalue weighted by atomic mass is 79.9. The van der Waals surface area contributed by atoms with E-state index in [-0.39, 0.29) is 5.91 Å². The molecule has 0 fully saturated rings. The van der Waals surface area contributed by atoms with Crippen LogP contribution in [-0.2, 0) is 11.3 Å². The molecule has 1 amide bonds. The largest absolute Gasteiger partial charge is 0.308 e. The number of fused-ring (bicyclic) bond motifs is 2. The minimum absolute atomic E-state index is 0.0141. The maximum Gasteiger partial charge on any atom is 0.224 e. The zero-order valence-electron chi connectivity index (χ0n) is 11.3. The second-order valence-corrected chi connectivity index (χ2v) is 6.19. The summed E-state index contributed by atoms with van der Waals surface area (Å²) in [7, 11) is 0. The first-order chi connectivity index (χ1) is 10.0. The number of halogens is 2. The topological polar surface area (TPSA) is 33.2 Å². The highest BCUT2D eigenvalue weighted by Gasteiger charge is 2.19. The summed E-state index contributed by atoms with van der Waals surface area (Å²) in [4.78, 5) is 18.2. The molecule has 0 radical (unpaired) electrons. The normalized spacial score (nSPS) is 13.2. The van der Waals surface area contributed by atoms with E-state index in [0.29, 0.717) is 11.6 Å². The average molecular weight is 364 g/mol. The van der Waals surface area contributed by atoms with Gasteiger partial charge in [0.2, 0.25) is 5.91 Å². The molecule has 1 aromatic heterocycles. The second kappa shape index (κ2) is 5.62. The molecule has 0 unspecified atom stereocenters. The number of hydrogen-bond donors (Lipinski definition) is 0. The Labute approximate surface area is 136 Å². The van der Waals surface area contributed by atoms with Crippen LogP contribution >= 0.6 is 27.5 Å². The zero-order chi connectivity index (χ0) is 15.0. The summed E-state index contributed by atoms with van der Waals surface area (Å²) in [5, 5.41) is 0.645. The number of carbonyl (C=O) groups excluding carboxylic acids is 1. The van der Waals surface area contributed by atoms with Crippen molar-refractivity contribution in [3.05, 3.63) is 56.8 Å². The standard InChI is InChI=1S/C16H12BrClN2O/c1-10(21)20-9-12-6-13(17)8-19-15(12)4-2-11-7-14(18)3-5-16(11)20/h2-8H,9H2,1H3. The first-order valence-electron chi connectivity index (χ1n) is 6.45. The van der Waals surface area contributed by atoms with Crippen molar-refractivity contribution in [3.8, 4) is 0 Å². The number of pyridine rings is 1. The molecule has 0 saturated carbocycles. The van der Waals surface area contributed by atoms with E-state index in [1.54, 1.807) is 24.1 Å². The fourth-order valence-electron chi connectivity index (χ4n) is 2.38. The van der Waals surface area contributed by atoms with Gasteiger partial charge in [-0.05, 0) is 57.4 Å². The van der Waals surface area contributed by atoms with Crippen molar-refractivity contribution in [1.82, 2.24) is 4.98 Å². The Kier molecular flexibility index (Phi) is 3.83. The minimum atomic E-state index is -0.0141. The Morgan fingerprint density at radius 2 is 2.14 bits per heavy atom. The Balaban J connectivity index is 2.21. The molecule has 0 atom stereocenters. The lowest BCUT2D eigenvalue weighted by molar-refractivity contribution is -0.116. The summed E-state index contributed by atoms with van der Waals surface area (Å²) in [5.41, 5.74) is 3.62. The van der Waals surface area contributed by atoms with Gasteiger partial charge < -0.3 is 4.90 Å². The summed E-state index contributed by atoms with van der Waals surface area (Å²) < 4.78 is 0.898. The molecule has 1 aliphatic heterocycles. The highest BCUT2D eigenvalue weighted by molar-refractivity contribution is 9.10. The van der Waals surface area contributed by atoms with Crippen molar-refractivity contribution < 1.29 is 4.79 Å².